The van der Waals surface area contributed by atoms with E-state index in [1.807, 2.05) is 4.90 Å². The Kier molecular flexibility index (Phi) is 4.89. The highest BCUT2D eigenvalue weighted by Gasteiger charge is 2.55. The molecule has 1 saturated carbocycles. The third-order valence-corrected chi connectivity index (χ3v) is 6.56. The second kappa shape index (κ2) is 7.22. The van der Waals surface area contributed by atoms with Crippen molar-refractivity contribution in [2.45, 2.75) is 38.5 Å². The summed E-state index contributed by atoms with van der Waals surface area (Å²) in [5.74, 6) is -2.87. The van der Waals surface area contributed by atoms with Crippen LogP contribution in [0.5, 0.6) is 0 Å². The lowest BCUT2D eigenvalue weighted by molar-refractivity contribution is -0.149. The monoisotopic (exact) mass is 393 g/mol. The van der Waals surface area contributed by atoms with Gasteiger partial charge in [-0.25, -0.2) is 13.6 Å². The van der Waals surface area contributed by atoms with E-state index in [-0.39, 0.29) is 18.2 Å². The third-order valence-electron chi connectivity index (χ3n) is 6.56. The topological polar surface area (TPSA) is 72.9 Å². The number of nitrogens with one attached hydrogen (secondary N) is 1. The molecule has 0 unspecified atom stereocenters. The summed E-state index contributed by atoms with van der Waals surface area (Å²) in [6.45, 7) is 1.98. The van der Waals surface area contributed by atoms with Gasteiger partial charge in [0.15, 0.2) is 11.6 Å². The number of carboxylic acid groups (broad SMARTS) is 1. The number of amides is 2. The summed E-state index contributed by atoms with van der Waals surface area (Å²) in [4.78, 5) is 28.1. The van der Waals surface area contributed by atoms with E-state index in [0.29, 0.717) is 18.7 Å². The predicted molar refractivity (Wildman–Crippen MR) is 100 cm³/mol. The molecule has 6 nitrogen and oxygen atoms in total. The quantitative estimate of drug-likeness (QED) is 0.822. The van der Waals surface area contributed by atoms with Gasteiger partial charge in [-0.2, -0.15) is 0 Å². The Hall–Kier alpha value is -2.38. The van der Waals surface area contributed by atoms with E-state index in [9.17, 15) is 23.5 Å². The van der Waals surface area contributed by atoms with E-state index in [1.54, 1.807) is 0 Å². The summed E-state index contributed by atoms with van der Waals surface area (Å²) in [5.41, 5.74) is -0.173. The van der Waals surface area contributed by atoms with E-state index < -0.39 is 29.0 Å². The molecule has 3 fully saturated rings. The number of halogens is 2. The second-order valence-corrected chi connectivity index (χ2v) is 8.19. The molecule has 1 aliphatic carbocycles. The fraction of sp³-hybridized carbons (Fsp3) is 0.600. The number of benzene rings is 1. The van der Waals surface area contributed by atoms with Gasteiger partial charge in [0.25, 0.3) is 0 Å². The van der Waals surface area contributed by atoms with Crippen LogP contribution in [0.25, 0.3) is 0 Å². The normalized spacial score (nSPS) is 27.0. The number of carbonyl (C=O) groups excluding carboxylic acids is 1. The largest absolute Gasteiger partial charge is 0.481 e. The molecule has 2 aliphatic heterocycles. The zero-order valence-corrected chi connectivity index (χ0v) is 15.7. The average Bonchev–Trinajstić information content (AvgIpc) is 3.24. The summed E-state index contributed by atoms with van der Waals surface area (Å²) >= 11 is 0. The average molecular weight is 393 g/mol. The first-order chi connectivity index (χ1) is 13.4. The molecule has 2 atom stereocenters. The van der Waals surface area contributed by atoms with Crippen molar-refractivity contribution >= 4 is 23.4 Å². The second-order valence-electron chi connectivity index (χ2n) is 8.19. The van der Waals surface area contributed by atoms with Crippen LogP contribution in [0, 0.1) is 23.0 Å². The number of aliphatic carboxylic acids is 1. The fourth-order valence-corrected chi connectivity index (χ4v) is 5.02. The minimum atomic E-state index is -1.02. The van der Waals surface area contributed by atoms with Gasteiger partial charge in [-0.05, 0) is 38.0 Å². The summed E-state index contributed by atoms with van der Waals surface area (Å²) in [7, 11) is 0. The number of likely N-dealkylation sites (tertiary alicyclic amines) is 1. The van der Waals surface area contributed by atoms with Crippen LogP contribution in [-0.2, 0) is 4.79 Å². The van der Waals surface area contributed by atoms with Crippen molar-refractivity contribution in [2.75, 3.05) is 36.4 Å². The number of rotatable bonds is 3. The zero-order chi connectivity index (χ0) is 19.9. The molecule has 152 valence electrons. The Labute approximate surface area is 162 Å². The Bertz CT molecular complexity index is 797. The van der Waals surface area contributed by atoms with Crippen LogP contribution in [0.1, 0.15) is 38.5 Å². The number of anilines is 2. The molecular formula is C20H25F2N3O3. The van der Waals surface area contributed by atoms with Crippen molar-refractivity contribution in [3.05, 3.63) is 23.8 Å². The third kappa shape index (κ3) is 3.18. The molecule has 0 radical (unpaired) electrons. The molecule has 0 spiro atoms. The molecule has 2 heterocycles. The van der Waals surface area contributed by atoms with Crippen molar-refractivity contribution in [1.29, 1.82) is 0 Å². The van der Waals surface area contributed by atoms with Crippen LogP contribution >= 0.6 is 0 Å². The van der Waals surface area contributed by atoms with Gasteiger partial charge in [-0.15, -0.1) is 0 Å². The van der Waals surface area contributed by atoms with E-state index in [4.69, 9.17) is 0 Å². The van der Waals surface area contributed by atoms with Crippen LogP contribution in [-0.4, -0.2) is 48.2 Å². The van der Waals surface area contributed by atoms with Gasteiger partial charge in [0, 0.05) is 38.3 Å². The molecule has 3 aliphatic rings. The molecule has 1 aromatic rings. The maximum atomic E-state index is 13.9. The van der Waals surface area contributed by atoms with Gasteiger partial charge in [0.05, 0.1) is 16.8 Å². The molecular weight excluding hydrogens is 368 g/mol. The van der Waals surface area contributed by atoms with Gasteiger partial charge in [-0.3, -0.25) is 4.79 Å². The summed E-state index contributed by atoms with van der Waals surface area (Å²) in [6.07, 6.45) is 5.23. The van der Waals surface area contributed by atoms with Crippen LogP contribution in [0.2, 0.25) is 0 Å². The number of carboxylic acids is 1. The Morgan fingerprint density at radius 1 is 1.11 bits per heavy atom. The highest BCUT2D eigenvalue weighted by atomic mass is 19.2. The molecule has 28 heavy (non-hydrogen) atoms. The van der Waals surface area contributed by atoms with Gasteiger partial charge in [0.2, 0.25) is 0 Å². The summed E-state index contributed by atoms with van der Waals surface area (Å²) in [6, 6.07) is 1.69. The summed E-state index contributed by atoms with van der Waals surface area (Å²) < 4.78 is 27.7. The van der Waals surface area contributed by atoms with Crippen molar-refractivity contribution in [3.63, 3.8) is 0 Å². The van der Waals surface area contributed by atoms with E-state index in [2.05, 4.69) is 5.32 Å². The smallest absolute Gasteiger partial charge is 0.321 e. The molecule has 1 aromatic carbocycles. The van der Waals surface area contributed by atoms with Crippen molar-refractivity contribution < 1.29 is 23.5 Å². The number of hydrogen-bond donors (Lipinski definition) is 2. The first-order valence-corrected chi connectivity index (χ1v) is 9.94. The number of hydrogen-bond acceptors (Lipinski definition) is 3. The van der Waals surface area contributed by atoms with Gasteiger partial charge < -0.3 is 20.2 Å². The van der Waals surface area contributed by atoms with Gasteiger partial charge >= 0.3 is 12.0 Å². The maximum absolute atomic E-state index is 13.9. The van der Waals surface area contributed by atoms with E-state index >= 15 is 0 Å². The standard InChI is InChI=1S/C20H25F2N3O3/c21-14-9-16(17(10-15(14)22)24-7-2-1-3-8-24)23-19(28)25-11-13-5-4-6-20(13,12-25)18(26)27/h9-10,13H,1-8,11-12H2,(H,23,28)(H,26,27)/t13-,20+/m0/s1. The summed E-state index contributed by atoms with van der Waals surface area (Å²) in [5, 5.41) is 12.4. The fourth-order valence-electron chi connectivity index (χ4n) is 5.02. The molecule has 0 aromatic heterocycles. The molecule has 4 rings (SSSR count). The lowest BCUT2D eigenvalue weighted by atomic mass is 9.81. The highest BCUT2D eigenvalue weighted by Crippen LogP contribution is 2.49. The number of piperidine rings is 1. The first-order valence-electron chi connectivity index (χ1n) is 9.94. The Balaban J connectivity index is 1.55. The predicted octanol–water partition coefficient (Wildman–Crippen LogP) is 3.67. The molecule has 2 saturated heterocycles. The maximum Gasteiger partial charge on any atom is 0.321 e. The van der Waals surface area contributed by atoms with E-state index in [0.717, 1.165) is 57.3 Å². The lowest BCUT2D eigenvalue weighted by Crippen LogP contribution is -2.39. The number of carbonyl (C=O) groups is 2. The Morgan fingerprint density at radius 3 is 2.50 bits per heavy atom. The minimum absolute atomic E-state index is 0.0535. The first kappa shape index (κ1) is 19.0. The molecule has 8 heteroatoms. The van der Waals surface area contributed by atoms with Gasteiger partial charge in [0.1, 0.15) is 0 Å². The van der Waals surface area contributed by atoms with Crippen molar-refractivity contribution in [3.8, 4) is 0 Å². The van der Waals surface area contributed by atoms with Crippen LogP contribution in [0.15, 0.2) is 12.1 Å². The van der Waals surface area contributed by atoms with Crippen LogP contribution in [0.3, 0.4) is 0 Å². The Morgan fingerprint density at radius 2 is 1.82 bits per heavy atom. The number of fused-ring (bicyclic) bond motifs is 1. The molecule has 0 bridgehead atoms. The lowest BCUT2D eigenvalue weighted by Gasteiger charge is -2.31. The minimum Gasteiger partial charge on any atom is -0.481 e. The zero-order valence-electron chi connectivity index (χ0n) is 15.7. The number of urea groups is 1. The van der Waals surface area contributed by atoms with Gasteiger partial charge in [-0.1, -0.05) is 6.42 Å². The van der Waals surface area contributed by atoms with Crippen molar-refractivity contribution in [2.24, 2.45) is 11.3 Å². The highest BCUT2D eigenvalue weighted by molar-refractivity contribution is 5.94. The number of nitrogens with zero attached hydrogens (tertiary/aromatic N) is 2. The van der Waals surface area contributed by atoms with Crippen LogP contribution < -0.4 is 10.2 Å². The molecule has 2 N–H and O–H groups in total. The van der Waals surface area contributed by atoms with Crippen molar-refractivity contribution in [1.82, 2.24) is 4.90 Å². The molecule has 2 amide bonds. The van der Waals surface area contributed by atoms with Crippen LogP contribution in [0.4, 0.5) is 25.0 Å². The van der Waals surface area contributed by atoms with E-state index in [1.165, 1.54) is 4.90 Å². The SMILES string of the molecule is O=C(Nc1cc(F)c(F)cc1N1CCCCC1)N1C[C@@H]2CCC[C@@]2(C(=O)O)C1.